The minimum atomic E-state index is -0.159. The van der Waals surface area contributed by atoms with Crippen molar-refractivity contribution < 1.29 is 14.0 Å². The van der Waals surface area contributed by atoms with E-state index in [1.54, 1.807) is 0 Å². The monoisotopic (exact) mass is 302 g/mol. The Labute approximate surface area is 133 Å². The lowest BCUT2D eigenvalue weighted by atomic mass is 9.82. The Kier molecular flexibility index (Phi) is 4.53. The van der Waals surface area contributed by atoms with Gasteiger partial charge in [-0.25, -0.2) is 4.79 Å². The van der Waals surface area contributed by atoms with E-state index in [1.807, 2.05) is 31.2 Å². The largest absolute Gasteiger partial charge is 0.462 e. The molecule has 0 aliphatic carbocycles. The minimum Gasteiger partial charge on any atom is -0.462 e. The number of rotatable bonds is 3. The maximum Gasteiger partial charge on any atom is 0.338 e. The predicted octanol–water partition coefficient (Wildman–Crippen LogP) is 3.56. The number of benzene rings is 1. The van der Waals surface area contributed by atoms with Crippen LogP contribution in [0.15, 0.2) is 24.3 Å². The van der Waals surface area contributed by atoms with Gasteiger partial charge in [-0.05, 0) is 44.2 Å². The standard InChI is InChI=1S/C19H28NO2/c1-15-8-3-4-10-17(15)19(21)22-14-16-9-7-13-20(2)12-6-5-11-18(16)20/h3-4,8,10,16,18H,5-7,9,11-14H2,1-2H3/q+1/t16-,18-,20-/m0/s1. The molecule has 3 atom stereocenters. The number of esters is 1. The van der Waals surface area contributed by atoms with Gasteiger partial charge in [0.25, 0.3) is 0 Å². The lowest BCUT2D eigenvalue weighted by molar-refractivity contribution is -0.947. The summed E-state index contributed by atoms with van der Waals surface area (Å²) in [6.07, 6.45) is 6.45. The van der Waals surface area contributed by atoms with Crippen molar-refractivity contribution in [3.63, 3.8) is 0 Å². The zero-order valence-electron chi connectivity index (χ0n) is 13.9. The van der Waals surface area contributed by atoms with Crippen molar-refractivity contribution in [3.05, 3.63) is 35.4 Å². The summed E-state index contributed by atoms with van der Waals surface area (Å²) in [4.78, 5) is 12.3. The molecule has 2 aliphatic rings. The number of fused-ring (bicyclic) bond motifs is 1. The van der Waals surface area contributed by atoms with E-state index in [4.69, 9.17) is 4.74 Å². The van der Waals surface area contributed by atoms with Crippen molar-refractivity contribution >= 4 is 5.97 Å². The van der Waals surface area contributed by atoms with Crippen LogP contribution in [0.4, 0.5) is 0 Å². The van der Waals surface area contributed by atoms with Gasteiger partial charge in [-0.3, -0.25) is 0 Å². The zero-order valence-corrected chi connectivity index (χ0v) is 13.9. The molecule has 2 fully saturated rings. The van der Waals surface area contributed by atoms with Crippen LogP contribution in [0, 0.1) is 12.8 Å². The molecule has 3 nitrogen and oxygen atoms in total. The molecule has 0 N–H and O–H groups in total. The average molecular weight is 302 g/mol. The van der Waals surface area contributed by atoms with Crippen LogP contribution in [0.25, 0.3) is 0 Å². The van der Waals surface area contributed by atoms with Crippen LogP contribution in [-0.4, -0.2) is 43.2 Å². The van der Waals surface area contributed by atoms with Gasteiger partial charge in [-0.15, -0.1) is 0 Å². The summed E-state index contributed by atoms with van der Waals surface area (Å²) in [6.45, 7) is 5.15. The summed E-state index contributed by atoms with van der Waals surface area (Å²) in [5, 5.41) is 0. The first-order valence-electron chi connectivity index (χ1n) is 8.67. The van der Waals surface area contributed by atoms with Gasteiger partial charge < -0.3 is 9.22 Å². The number of hydrogen-bond donors (Lipinski definition) is 0. The van der Waals surface area contributed by atoms with E-state index in [-0.39, 0.29) is 5.97 Å². The number of quaternary nitrogens is 1. The van der Waals surface area contributed by atoms with Crippen molar-refractivity contribution in [1.29, 1.82) is 0 Å². The highest BCUT2D eigenvalue weighted by atomic mass is 16.5. The highest BCUT2D eigenvalue weighted by molar-refractivity contribution is 5.90. The van der Waals surface area contributed by atoms with Gasteiger partial charge in [-0.2, -0.15) is 0 Å². The molecule has 2 aliphatic heterocycles. The summed E-state index contributed by atoms with van der Waals surface area (Å²) < 4.78 is 6.89. The summed E-state index contributed by atoms with van der Waals surface area (Å²) in [7, 11) is 2.40. The molecule has 22 heavy (non-hydrogen) atoms. The molecule has 0 spiro atoms. The predicted molar refractivity (Wildman–Crippen MR) is 87.7 cm³/mol. The first-order chi connectivity index (χ1) is 10.6. The van der Waals surface area contributed by atoms with E-state index < -0.39 is 0 Å². The lowest BCUT2D eigenvalue weighted by Crippen LogP contribution is -2.61. The Morgan fingerprint density at radius 2 is 1.95 bits per heavy atom. The summed E-state index contributed by atoms with van der Waals surface area (Å²) in [5.41, 5.74) is 1.70. The molecule has 120 valence electrons. The van der Waals surface area contributed by atoms with Crippen LogP contribution in [-0.2, 0) is 4.74 Å². The van der Waals surface area contributed by atoms with Gasteiger partial charge in [0.1, 0.15) is 6.61 Å². The Hall–Kier alpha value is -1.35. The fourth-order valence-corrected chi connectivity index (χ4v) is 4.49. The van der Waals surface area contributed by atoms with Crippen molar-refractivity contribution in [2.24, 2.45) is 5.92 Å². The van der Waals surface area contributed by atoms with E-state index in [0.29, 0.717) is 24.1 Å². The fraction of sp³-hybridized carbons (Fsp3) is 0.632. The van der Waals surface area contributed by atoms with Crippen LogP contribution >= 0.6 is 0 Å². The average Bonchev–Trinajstić information content (AvgIpc) is 2.52. The molecule has 1 aromatic carbocycles. The first kappa shape index (κ1) is 15.5. The normalized spacial score (nSPS) is 31.4. The summed E-state index contributed by atoms with van der Waals surface area (Å²) >= 11 is 0. The van der Waals surface area contributed by atoms with Gasteiger partial charge in [0.2, 0.25) is 0 Å². The molecule has 0 radical (unpaired) electrons. The van der Waals surface area contributed by atoms with Crippen LogP contribution in [0.1, 0.15) is 48.0 Å². The Bertz CT molecular complexity index is 538. The quantitative estimate of drug-likeness (QED) is 0.630. The molecule has 3 rings (SSSR count). The third-order valence-corrected chi connectivity index (χ3v) is 5.80. The number of carbonyl (C=O) groups is 1. The zero-order chi connectivity index (χ0) is 15.6. The molecular weight excluding hydrogens is 274 g/mol. The van der Waals surface area contributed by atoms with Crippen molar-refractivity contribution in [1.82, 2.24) is 0 Å². The third-order valence-electron chi connectivity index (χ3n) is 5.80. The molecule has 0 bridgehead atoms. The Morgan fingerprint density at radius 3 is 2.77 bits per heavy atom. The number of ether oxygens (including phenoxy) is 1. The number of carbonyl (C=O) groups excluding carboxylic acids is 1. The molecule has 0 aromatic heterocycles. The van der Waals surface area contributed by atoms with E-state index >= 15 is 0 Å². The number of nitrogens with zero attached hydrogens (tertiary/aromatic N) is 1. The second kappa shape index (κ2) is 6.41. The SMILES string of the molecule is Cc1ccccc1C(=O)OC[C@@H]1CCC[N@+]2(C)CCCC[C@@H]12. The summed E-state index contributed by atoms with van der Waals surface area (Å²) in [6, 6.07) is 8.37. The van der Waals surface area contributed by atoms with Crippen LogP contribution < -0.4 is 0 Å². The second-order valence-corrected chi connectivity index (χ2v) is 7.31. The molecule has 2 heterocycles. The molecule has 0 unspecified atom stereocenters. The number of aryl methyl sites for hydroxylation is 1. The smallest absolute Gasteiger partial charge is 0.338 e. The topological polar surface area (TPSA) is 26.3 Å². The van der Waals surface area contributed by atoms with Crippen LogP contribution in [0.5, 0.6) is 0 Å². The van der Waals surface area contributed by atoms with Gasteiger partial charge in [-0.1, -0.05) is 18.2 Å². The Morgan fingerprint density at radius 1 is 1.18 bits per heavy atom. The fourth-order valence-electron chi connectivity index (χ4n) is 4.49. The van der Waals surface area contributed by atoms with Crippen molar-refractivity contribution in [3.8, 4) is 0 Å². The maximum atomic E-state index is 12.3. The van der Waals surface area contributed by atoms with Crippen molar-refractivity contribution in [2.45, 2.75) is 45.1 Å². The van der Waals surface area contributed by atoms with Gasteiger partial charge in [0.15, 0.2) is 0 Å². The van der Waals surface area contributed by atoms with Crippen LogP contribution in [0.2, 0.25) is 0 Å². The van der Waals surface area contributed by atoms with Gasteiger partial charge in [0.05, 0.1) is 31.7 Å². The number of hydrogen-bond acceptors (Lipinski definition) is 2. The van der Waals surface area contributed by atoms with E-state index in [0.717, 1.165) is 5.56 Å². The molecule has 0 saturated carbocycles. The third kappa shape index (κ3) is 3.05. The van der Waals surface area contributed by atoms with Crippen molar-refractivity contribution in [2.75, 3.05) is 26.7 Å². The minimum absolute atomic E-state index is 0.159. The molecule has 1 aromatic rings. The maximum absolute atomic E-state index is 12.3. The first-order valence-corrected chi connectivity index (χ1v) is 8.67. The molecule has 2 saturated heterocycles. The van der Waals surface area contributed by atoms with Crippen LogP contribution in [0.3, 0.4) is 0 Å². The number of piperidine rings is 2. The summed E-state index contributed by atoms with van der Waals surface area (Å²) in [5.74, 6) is 0.376. The lowest BCUT2D eigenvalue weighted by Gasteiger charge is -2.51. The second-order valence-electron chi connectivity index (χ2n) is 7.31. The molecule has 3 heteroatoms. The highest BCUT2D eigenvalue weighted by Gasteiger charge is 2.43. The van der Waals surface area contributed by atoms with E-state index in [1.165, 1.54) is 49.7 Å². The molecular formula is C19H28NO2+. The molecule has 0 amide bonds. The van der Waals surface area contributed by atoms with Gasteiger partial charge >= 0.3 is 5.97 Å². The highest BCUT2D eigenvalue weighted by Crippen LogP contribution is 2.36. The van der Waals surface area contributed by atoms with E-state index in [9.17, 15) is 4.79 Å². The van der Waals surface area contributed by atoms with Gasteiger partial charge in [0, 0.05) is 12.3 Å². The Balaban J connectivity index is 1.63. The van der Waals surface area contributed by atoms with E-state index in [2.05, 4.69) is 7.05 Å².